The quantitative estimate of drug-likeness (QED) is 0.750. The van der Waals surface area contributed by atoms with E-state index < -0.39 is 18.4 Å². The molecule has 0 radical (unpaired) electrons. The molecule has 1 saturated heterocycles. The molecule has 0 bridgehead atoms. The van der Waals surface area contributed by atoms with E-state index in [4.69, 9.17) is 15.2 Å². The summed E-state index contributed by atoms with van der Waals surface area (Å²) in [5, 5.41) is 0. The summed E-state index contributed by atoms with van der Waals surface area (Å²) in [7, 11) is 0. The lowest BCUT2D eigenvalue weighted by Crippen LogP contribution is -2.53. The highest BCUT2D eigenvalue weighted by Crippen LogP contribution is 2.36. The monoisotopic (exact) mass is 434 g/mol. The molecule has 10 heteroatoms. The number of hydrogen-bond acceptors (Lipinski definition) is 5. The summed E-state index contributed by atoms with van der Waals surface area (Å²) in [4.78, 5) is 29.5. The number of nitrogens with two attached hydrogens (primary N) is 1. The number of ether oxygens (including phenoxy) is 2. The molecule has 0 saturated carbocycles. The number of primary amides is 1. The van der Waals surface area contributed by atoms with Gasteiger partial charge in [-0.2, -0.15) is 0 Å². The summed E-state index contributed by atoms with van der Waals surface area (Å²) < 4.78 is 39.6. The summed E-state index contributed by atoms with van der Waals surface area (Å²) in [5.41, 5.74) is 7.06. The van der Waals surface area contributed by atoms with Crippen LogP contribution >= 0.6 is 0 Å². The van der Waals surface area contributed by atoms with Gasteiger partial charge in [0.2, 0.25) is 5.91 Å². The number of hydrogen-bond donors (Lipinski definition) is 1. The van der Waals surface area contributed by atoms with Gasteiger partial charge in [0.05, 0.1) is 18.7 Å². The predicted molar refractivity (Wildman–Crippen MR) is 108 cm³/mol. The van der Waals surface area contributed by atoms with Crippen molar-refractivity contribution in [3.8, 4) is 17.1 Å². The summed E-state index contributed by atoms with van der Waals surface area (Å²) in [6.07, 6.45) is -0.0123. The van der Waals surface area contributed by atoms with Crippen molar-refractivity contribution in [2.75, 3.05) is 24.7 Å². The van der Waals surface area contributed by atoms with Gasteiger partial charge in [-0.05, 0) is 30.5 Å². The molecular weight excluding hydrogens is 410 g/mol. The first-order valence-electron chi connectivity index (χ1n) is 10.2. The van der Waals surface area contributed by atoms with Gasteiger partial charge < -0.3 is 19.8 Å². The normalized spacial score (nSPS) is 19.4. The van der Waals surface area contributed by atoms with Crippen molar-refractivity contribution in [2.45, 2.75) is 38.8 Å². The van der Waals surface area contributed by atoms with Crippen molar-refractivity contribution in [2.24, 2.45) is 11.7 Å². The lowest BCUT2D eigenvalue weighted by atomic mass is 9.95. The van der Waals surface area contributed by atoms with Crippen LogP contribution in [0.15, 0.2) is 24.4 Å². The molecule has 31 heavy (non-hydrogen) atoms. The van der Waals surface area contributed by atoms with E-state index in [1.807, 2.05) is 25.1 Å². The number of nitrogens with zero attached hydrogens (tertiary/aromatic N) is 3. The van der Waals surface area contributed by atoms with Gasteiger partial charge >= 0.3 is 0 Å². The minimum Gasteiger partial charge on any atom is -0.491 e. The molecule has 1 fully saturated rings. The number of aromatic nitrogens is 2. The molecule has 166 valence electrons. The molecule has 0 aliphatic carbocycles. The third-order valence-electron chi connectivity index (χ3n) is 5.67. The Morgan fingerprint density at radius 1 is 1.39 bits per heavy atom. The van der Waals surface area contributed by atoms with Crippen molar-refractivity contribution in [1.29, 1.82) is 0 Å². The number of fused-ring (bicyclic) bond motifs is 3. The molecule has 2 aromatic rings. The van der Waals surface area contributed by atoms with E-state index in [0.29, 0.717) is 43.1 Å². The Morgan fingerprint density at radius 2 is 2.19 bits per heavy atom. The highest BCUT2D eigenvalue weighted by molar-refractivity contribution is 5.95. The largest absolute Gasteiger partial charge is 0.491 e. The van der Waals surface area contributed by atoms with Crippen LogP contribution in [0, 0.1) is 5.92 Å². The maximum absolute atomic E-state index is 13.5. The van der Waals surface area contributed by atoms with Crippen LogP contribution < -0.4 is 15.4 Å². The molecule has 0 spiro atoms. The molecule has 2 atom stereocenters. The van der Waals surface area contributed by atoms with Crippen LogP contribution in [0.5, 0.6) is 5.75 Å². The zero-order valence-corrected chi connectivity index (χ0v) is 17.1. The zero-order chi connectivity index (χ0) is 22.1. The Balaban J connectivity index is 1.68. The van der Waals surface area contributed by atoms with Crippen molar-refractivity contribution in [3.05, 3.63) is 30.0 Å². The number of halogens is 2. The van der Waals surface area contributed by atoms with Gasteiger partial charge in [0, 0.05) is 12.1 Å². The Hall–Kier alpha value is -3.01. The van der Waals surface area contributed by atoms with Crippen molar-refractivity contribution < 1.29 is 27.8 Å². The molecule has 2 N–H and O–H groups in total. The lowest BCUT2D eigenvalue weighted by Gasteiger charge is -2.33. The fourth-order valence-corrected chi connectivity index (χ4v) is 3.97. The SMILES string of the molecule is CC[C@H](Cc1ccc2c(c1)OCCn1cc(N3C(=O)COC[C@H]3C(F)F)nc1-2)C(N)=O. The van der Waals surface area contributed by atoms with Gasteiger partial charge in [0.1, 0.15) is 30.8 Å². The molecule has 1 aromatic heterocycles. The molecule has 3 heterocycles. The van der Waals surface area contributed by atoms with E-state index in [-0.39, 0.29) is 30.9 Å². The Morgan fingerprint density at radius 3 is 2.90 bits per heavy atom. The maximum Gasteiger partial charge on any atom is 0.261 e. The first kappa shape index (κ1) is 21.2. The number of carbonyl (C=O) groups is 2. The fraction of sp³-hybridized carbons (Fsp3) is 0.476. The van der Waals surface area contributed by atoms with Gasteiger partial charge in [-0.3, -0.25) is 14.5 Å². The third-order valence-corrected chi connectivity index (χ3v) is 5.67. The molecule has 2 aliphatic heterocycles. The topological polar surface area (TPSA) is 99.7 Å². The smallest absolute Gasteiger partial charge is 0.261 e. The number of carbonyl (C=O) groups excluding carboxylic acids is 2. The van der Waals surface area contributed by atoms with Gasteiger partial charge in [0.25, 0.3) is 12.3 Å². The second kappa shape index (κ2) is 8.62. The van der Waals surface area contributed by atoms with Gasteiger partial charge in [-0.1, -0.05) is 13.0 Å². The number of anilines is 1. The first-order chi connectivity index (χ1) is 14.9. The highest BCUT2D eigenvalue weighted by Gasteiger charge is 2.38. The number of morpholine rings is 1. The van der Waals surface area contributed by atoms with Gasteiger partial charge in [-0.25, -0.2) is 13.8 Å². The number of amides is 2. The Labute approximate surface area is 177 Å². The molecule has 0 unspecified atom stereocenters. The van der Waals surface area contributed by atoms with Crippen molar-refractivity contribution in [3.63, 3.8) is 0 Å². The molecule has 1 aromatic carbocycles. The Kier molecular flexibility index (Phi) is 5.90. The second-order valence-electron chi connectivity index (χ2n) is 7.69. The molecule has 2 amide bonds. The highest BCUT2D eigenvalue weighted by atomic mass is 19.3. The average molecular weight is 434 g/mol. The lowest BCUT2D eigenvalue weighted by molar-refractivity contribution is -0.130. The molecule has 4 rings (SSSR count). The molecule has 2 aliphatic rings. The van der Waals surface area contributed by atoms with Gasteiger partial charge in [-0.15, -0.1) is 0 Å². The predicted octanol–water partition coefficient (Wildman–Crippen LogP) is 1.99. The van der Waals surface area contributed by atoms with Crippen LogP contribution in [-0.4, -0.2) is 53.7 Å². The zero-order valence-electron chi connectivity index (χ0n) is 17.1. The van der Waals surface area contributed by atoms with E-state index in [0.717, 1.165) is 10.5 Å². The van der Waals surface area contributed by atoms with Crippen LogP contribution in [0.1, 0.15) is 18.9 Å². The average Bonchev–Trinajstić information content (AvgIpc) is 3.07. The van der Waals surface area contributed by atoms with E-state index >= 15 is 0 Å². The van der Waals surface area contributed by atoms with Crippen molar-refractivity contribution in [1.82, 2.24) is 9.55 Å². The minimum atomic E-state index is -2.75. The van der Waals surface area contributed by atoms with E-state index in [2.05, 4.69) is 4.98 Å². The Bertz CT molecular complexity index is 994. The number of rotatable bonds is 6. The van der Waals surface area contributed by atoms with Crippen LogP contribution in [0.3, 0.4) is 0 Å². The van der Waals surface area contributed by atoms with Crippen LogP contribution in [-0.2, 0) is 27.3 Å². The van der Waals surface area contributed by atoms with Crippen LogP contribution in [0.25, 0.3) is 11.4 Å². The van der Waals surface area contributed by atoms with Crippen LogP contribution in [0.4, 0.5) is 14.6 Å². The molecule has 8 nitrogen and oxygen atoms in total. The second-order valence-corrected chi connectivity index (χ2v) is 7.69. The van der Waals surface area contributed by atoms with Gasteiger partial charge in [0.15, 0.2) is 5.82 Å². The number of benzene rings is 1. The standard InChI is InChI=1S/C21H24F2N4O4/c1-2-13(20(24)29)7-12-3-4-14-16(8-12)31-6-5-26-9-17(25-21(14)26)27-15(19(22)23)10-30-11-18(27)28/h3-4,8-9,13,15,19H,2,5-7,10-11H2,1H3,(H2,24,29)/t13-,15+/m1/s1. The minimum absolute atomic E-state index is 0.172. The van der Waals surface area contributed by atoms with Crippen molar-refractivity contribution >= 4 is 17.6 Å². The third kappa shape index (κ3) is 4.12. The molecular formula is C21H24F2N4O4. The van der Waals surface area contributed by atoms with E-state index in [1.54, 1.807) is 10.8 Å². The summed E-state index contributed by atoms with van der Waals surface area (Å²) in [6.45, 7) is 2.21. The summed E-state index contributed by atoms with van der Waals surface area (Å²) >= 11 is 0. The first-order valence-corrected chi connectivity index (χ1v) is 10.2. The summed E-state index contributed by atoms with van der Waals surface area (Å²) in [5.74, 6) is 0.132. The maximum atomic E-state index is 13.5. The number of alkyl halides is 2. The fourth-order valence-electron chi connectivity index (χ4n) is 3.97. The summed E-state index contributed by atoms with van der Waals surface area (Å²) in [6, 6.07) is 4.18. The number of imidazole rings is 1. The van der Waals surface area contributed by atoms with E-state index in [9.17, 15) is 18.4 Å². The van der Waals surface area contributed by atoms with Crippen LogP contribution in [0.2, 0.25) is 0 Å². The van der Waals surface area contributed by atoms with E-state index in [1.165, 1.54) is 0 Å².